The highest BCUT2D eigenvalue weighted by Crippen LogP contribution is 2.52. The van der Waals surface area contributed by atoms with Gasteiger partial charge < -0.3 is 5.11 Å². The van der Waals surface area contributed by atoms with E-state index in [-0.39, 0.29) is 0 Å². The van der Waals surface area contributed by atoms with E-state index in [1.807, 2.05) is 13.8 Å². The zero-order valence-corrected chi connectivity index (χ0v) is 8.79. The van der Waals surface area contributed by atoms with Gasteiger partial charge in [-0.15, -0.1) is 0 Å². The van der Waals surface area contributed by atoms with Gasteiger partial charge in [0, 0.05) is 0 Å². The van der Waals surface area contributed by atoms with E-state index in [2.05, 4.69) is 19.4 Å². The van der Waals surface area contributed by atoms with Crippen LogP contribution in [0.25, 0.3) is 0 Å². The van der Waals surface area contributed by atoms with Gasteiger partial charge in [0.25, 0.3) is 0 Å². The van der Waals surface area contributed by atoms with E-state index in [0.717, 1.165) is 5.75 Å². The Balaban J connectivity index is 4.67. The molecule has 0 fully saturated rings. The summed E-state index contributed by atoms with van der Waals surface area (Å²) in [6.45, 7) is 5.68. The molecule has 0 unspecified atom stereocenters. The largest absolute Gasteiger partial charge is 0.480 e. The second kappa shape index (κ2) is 3.05. The Bertz CT molecular complexity index is 161. The smallest absolute Gasteiger partial charge is 0.317 e. The molecule has 0 aliphatic carbocycles. The number of carboxylic acid groups (broad SMARTS) is 1. The summed E-state index contributed by atoms with van der Waals surface area (Å²) in [5.41, 5.74) is 0. The summed E-state index contributed by atoms with van der Waals surface area (Å²) >= 11 is 0. The Labute approximate surface area is 70.3 Å². The van der Waals surface area contributed by atoms with Crippen LogP contribution in [0.2, 0.25) is 0 Å². The van der Waals surface area contributed by atoms with Crippen molar-refractivity contribution in [2.45, 2.75) is 25.5 Å². The molecule has 3 heteroatoms. The summed E-state index contributed by atoms with van der Waals surface area (Å²) in [5.74, 6) is 0.283. The molecule has 0 bridgehead atoms. The van der Waals surface area contributed by atoms with Gasteiger partial charge in [0.2, 0.25) is 0 Å². The Morgan fingerprint density at radius 1 is 1.45 bits per heavy atom. The van der Waals surface area contributed by atoms with E-state index >= 15 is 0 Å². The average Bonchev–Trinajstić information content (AvgIpc) is 1.87. The van der Waals surface area contributed by atoms with Gasteiger partial charge in [-0.05, 0) is 32.1 Å². The highest BCUT2D eigenvalue weighted by atomic mass is 32.3. The lowest BCUT2D eigenvalue weighted by molar-refractivity contribution is -0.139. The minimum Gasteiger partial charge on any atom is -0.480 e. The Hall–Kier alpha value is -0.180. The highest BCUT2D eigenvalue weighted by molar-refractivity contribution is 8.34. The molecule has 0 aromatic heterocycles. The third kappa shape index (κ3) is 1.89. The first kappa shape index (κ1) is 10.8. The Morgan fingerprint density at radius 3 is 1.91 bits per heavy atom. The van der Waals surface area contributed by atoms with Gasteiger partial charge in [0.05, 0.1) is 4.75 Å². The first-order valence-corrected chi connectivity index (χ1v) is 6.31. The van der Waals surface area contributed by atoms with Crippen LogP contribution >= 0.6 is 10.0 Å². The van der Waals surface area contributed by atoms with Crippen LogP contribution in [0.3, 0.4) is 0 Å². The van der Waals surface area contributed by atoms with Gasteiger partial charge in [-0.2, -0.15) is 0 Å². The molecule has 0 aliphatic rings. The molecule has 0 spiro atoms. The molecule has 1 N–H and O–H groups in total. The second-order valence-electron chi connectivity index (χ2n) is 3.64. The zero-order valence-electron chi connectivity index (χ0n) is 7.97. The van der Waals surface area contributed by atoms with Crippen LogP contribution in [0.1, 0.15) is 20.8 Å². The van der Waals surface area contributed by atoms with Crippen molar-refractivity contribution in [3.63, 3.8) is 0 Å². The summed E-state index contributed by atoms with van der Waals surface area (Å²) in [6, 6.07) is 0. The fraction of sp³-hybridized carbons (Fsp3) is 0.875. The van der Waals surface area contributed by atoms with Gasteiger partial charge in [-0.1, -0.05) is 6.92 Å². The molecule has 11 heavy (non-hydrogen) atoms. The number of rotatable bonds is 3. The summed E-state index contributed by atoms with van der Waals surface area (Å²) in [7, 11) is -0.997. The molecule has 0 atom stereocenters. The molecule has 0 amide bonds. The van der Waals surface area contributed by atoms with E-state index in [4.69, 9.17) is 5.11 Å². The van der Waals surface area contributed by atoms with Crippen LogP contribution in [0, 0.1) is 0 Å². The number of carbonyl (C=O) groups is 1. The fourth-order valence-electron chi connectivity index (χ4n) is 0.597. The van der Waals surface area contributed by atoms with Crippen LogP contribution in [0.4, 0.5) is 0 Å². The number of carboxylic acids is 1. The molecule has 0 saturated carbocycles. The molecule has 0 rings (SSSR count). The van der Waals surface area contributed by atoms with E-state index in [1.54, 1.807) is 0 Å². The summed E-state index contributed by atoms with van der Waals surface area (Å²) < 4.78 is -0.554. The van der Waals surface area contributed by atoms with Crippen LogP contribution < -0.4 is 0 Å². The quantitative estimate of drug-likeness (QED) is 0.717. The van der Waals surface area contributed by atoms with E-state index in [0.29, 0.717) is 0 Å². The lowest BCUT2D eigenvalue weighted by Gasteiger charge is -2.42. The molecule has 0 saturated heterocycles. The third-order valence-electron chi connectivity index (χ3n) is 2.62. The van der Waals surface area contributed by atoms with Crippen molar-refractivity contribution in [3.8, 4) is 0 Å². The Kier molecular flexibility index (Phi) is 3.00. The number of hydrogen-bond donors (Lipinski definition) is 1. The molecule has 68 valence electrons. The first-order chi connectivity index (χ1) is 4.75. The molecule has 0 aromatic rings. The molecule has 0 aliphatic heterocycles. The average molecular weight is 178 g/mol. The lowest BCUT2D eigenvalue weighted by Crippen LogP contribution is -2.37. The predicted octanol–water partition coefficient (Wildman–Crippen LogP) is 1.93. The van der Waals surface area contributed by atoms with Crippen molar-refractivity contribution in [1.29, 1.82) is 0 Å². The maximum Gasteiger partial charge on any atom is 0.317 e. The van der Waals surface area contributed by atoms with Crippen LogP contribution in [0.5, 0.6) is 0 Å². The van der Waals surface area contributed by atoms with Crippen molar-refractivity contribution in [2.75, 3.05) is 18.3 Å². The van der Waals surface area contributed by atoms with Crippen molar-refractivity contribution < 1.29 is 9.90 Å². The summed E-state index contributed by atoms with van der Waals surface area (Å²) in [6.07, 6.45) is 4.14. The van der Waals surface area contributed by atoms with Crippen LogP contribution in [-0.4, -0.2) is 34.1 Å². The monoisotopic (exact) mass is 178 g/mol. The van der Waals surface area contributed by atoms with Gasteiger partial charge in [0.15, 0.2) is 0 Å². The van der Waals surface area contributed by atoms with Gasteiger partial charge in [-0.3, -0.25) is 4.79 Å². The predicted molar refractivity (Wildman–Crippen MR) is 51.7 cm³/mol. The van der Waals surface area contributed by atoms with E-state index < -0.39 is 20.7 Å². The number of hydrogen-bond acceptors (Lipinski definition) is 1. The van der Waals surface area contributed by atoms with E-state index in [1.165, 1.54) is 0 Å². The topological polar surface area (TPSA) is 37.3 Å². The molecular weight excluding hydrogens is 160 g/mol. The normalized spacial score (nSPS) is 14.6. The van der Waals surface area contributed by atoms with Crippen molar-refractivity contribution in [1.82, 2.24) is 0 Å². The molecular formula is C8H18O2S. The zero-order chi connectivity index (χ0) is 9.28. The highest BCUT2D eigenvalue weighted by Gasteiger charge is 2.38. The third-order valence-corrected chi connectivity index (χ3v) is 7.00. The van der Waals surface area contributed by atoms with E-state index in [9.17, 15) is 4.79 Å². The summed E-state index contributed by atoms with van der Waals surface area (Å²) in [4.78, 5) is 10.8. The van der Waals surface area contributed by atoms with Crippen molar-refractivity contribution in [3.05, 3.63) is 0 Å². The molecule has 0 aromatic carbocycles. The maximum absolute atomic E-state index is 10.8. The van der Waals surface area contributed by atoms with Gasteiger partial charge in [-0.25, -0.2) is 10.0 Å². The van der Waals surface area contributed by atoms with Crippen LogP contribution in [-0.2, 0) is 4.79 Å². The Morgan fingerprint density at radius 2 is 1.82 bits per heavy atom. The lowest BCUT2D eigenvalue weighted by atomic mass is 10.2. The van der Waals surface area contributed by atoms with Crippen molar-refractivity contribution >= 4 is 16.0 Å². The molecule has 0 heterocycles. The number of aliphatic carboxylic acids is 1. The minimum absolute atomic E-state index is 0.554. The molecule has 2 nitrogen and oxygen atoms in total. The maximum atomic E-state index is 10.8. The standard InChI is InChI=1S/C8H18O2S/c1-6-11(4,5)8(2,3)7(9)10/h6H2,1-5H3,(H,9,10). The fourth-order valence-corrected chi connectivity index (χ4v) is 1.79. The minimum atomic E-state index is -0.997. The van der Waals surface area contributed by atoms with Crippen molar-refractivity contribution in [2.24, 2.45) is 0 Å². The SMILES string of the molecule is CCS(C)(C)C(C)(C)C(=O)O. The first-order valence-electron chi connectivity index (χ1n) is 3.69. The second-order valence-corrected chi connectivity index (χ2v) is 8.32. The van der Waals surface area contributed by atoms with Gasteiger partial charge >= 0.3 is 5.97 Å². The summed E-state index contributed by atoms with van der Waals surface area (Å²) in [5, 5.41) is 8.93. The van der Waals surface area contributed by atoms with Gasteiger partial charge in [0.1, 0.15) is 0 Å². The molecule has 0 radical (unpaired) electrons. The van der Waals surface area contributed by atoms with Crippen LogP contribution in [0.15, 0.2) is 0 Å².